The third-order valence-electron chi connectivity index (χ3n) is 5.22. The van der Waals surface area contributed by atoms with Crippen molar-refractivity contribution >= 4 is 44.6 Å². The first-order valence-corrected chi connectivity index (χ1v) is 12.5. The number of anilines is 3. The van der Waals surface area contributed by atoms with Gasteiger partial charge in [0.1, 0.15) is 11.8 Å². The fourth-order valence-electron chi connectivity index (χ4n) is 3.67. The number of benzene rings is 2. The zero-order chi connectivity index (χ0) is 23.3. The average molecular weight is 482 g/mol. The number of nitrogens with zero attached hydrogens (tertiary/aromatic N) is 2. The normalized spacial score (nSPS) is 15.2. The van der Waals surface area contributed by atoms with Gasteiger partial charge in [-0.15, -0.1) is 0 Å². The minimum atomic E-state index is -3.82. The molecule has 1 N–H and O–H groups in total. The summed E-state index contributed by atoms with van der Waals surface area (Å²) >= 11 is 6.11. The van der Waals surface area contributed by atoms with E-state index in [2.05, 4.69) is 10.2 Å². The Morgan fingerprint density at radius 1 is 1.22 bits per heavy atom. The highest BCUT2D eigenvalue weighted by molar-refractivity contribution is 7.92. The smallest absolute Gasteiger partial charge is 0.248 e. The van der Waals surface area contributed by atoms with E-state index in [-0.39, 0.29) is 12.1 Å². The van der Waals surface area contributed by atoms with Crippen molar-refractivity contribution in [3.63, 3.8) is 0 Å². The maximum Gasteiger partial charge on any atom is 0.248 e. The number of hydrogen-bond acceptors (Lipinski definition) is 6. The zero-order valence-electron chi connectivity index (χ0n) is 18.4. The lowest BCUT2D eigenvalue weighted by molar-refractivity contribution is -0.117. The van der Waals surface area contributed by atoms with Crippen LogP contribution in [0.4, 0.5) is 17.1 Å². The number of sulfonamides is 1. The molecule has 1 heterocycles. The second-order valence-corrected chi connectivity index (χ2v) is 9.73. The van der Waals surface area contributed by atoms with Crippen molar-refractivity contribution in [1.82, 2.24) is 0 Å². The van der Waals surface area contributed by atoms with E-state index < -0.39 is 22.0 Å². The average Bonchev–Trinajstić information content (AvgIpc) is 2.77. The highest BCUT2D eigenvalue weighted by Gasteiger charge is 2.33. The molecule has 0 radical (unpaired) electrons. The number of ether oxygens (including phenoxy) is 2. The van der Waals surface area contributed by atoms with E-state index in [1.807, 2.05) is 12.1 Å². The van der Waals surface area contributed by atoms with Crippen molar-refractivity contribution in [3.8, 4) is 5.75 Å². The number of morpholine rings is 1. The molecular weight excluding hydrogens is 454 g/mol. The Labute approximate surface area is 194 Å². The quantitative estimate of drug-likeness (QED) is 0.622. The van der Waals surface area contributed by atoms with Gasteiger partial charge in [-0.05, 0) is 48.9 Å². The van der Waals surface area contributed by atoms with E-state index in [9.17, 15) is 13.2 Å². The summed E-state index contributed by atoms with van der Waals surface area (Å²) in [6, 6.07) is 11.1. The van der Waals surface area contributed by atoms with Crippen molar-refractivity contribution < 1.29 is 22.7 Å². The fraction of sp³-hybridized carbons (Fsp3) is 0.409. The zero-order valence-corrected chi connectivity index (χ0v) is 19.9. The van der Waals surface area contributed by atoms with Crippen LogP contribution in [0.3, 0.4) is 0 Å². The summed E-state index contributed by atoms with van der Waals surface area (Å²) < 4.78 is 37.2. The van der Waals surface area contributed by atoms with E-state index in [0.717, 1.165) is 29.3 Å². The molecule has 1 saturated heterocycles. The topological polar surface area (TPSA) is 88.2 Å². The van der Waals surface area contributed by atoms with Gasteiger partial charge < -0.3 is 19.7 Å². The number of amides is 1. The van der Waals surface area contributed by atoms with Crippen LogP contribution in [-0.4, -0.2) is 60.0 Å². The first kappa shape index (κ1) is 24.2. The van der Waals surface area contributed by atoms with Crippen LogP contribution in [0.25, 0.3) is 0 Å². The third-order valence-corrected chi connectivity index (χ3v) is 6.62. The maximum absolute atomic E-state index is 13.2. The molecule has 1 atom stereocenters. The Hall–Kier alpha value is -2.49. The molecule has 174 valence electrons. The number of methoxy groups -OCH3 is 1. The van der Waals surface area contributed by atoms with Gasteiger partial charge in [0.2, 0.25) is 15.9 Å². The molecule has 0 aliphatic carbocycles. The standard InChI is InChI=1S/C22H28ClN3O5S/c1-4-19(26(32(3,28)29)20-15-16(23)5-10-21(20)30-2)22(27)24-17-6-8-18(9-7-17)25-11-13-31-14-12-25/h5-10,15,19H,4,11-14H2,1-3H3,(H,24,27). The molecule has 10 heteroatoms. The molecule has 8 nitrogen and oxygen atoms in total. The van der Waals surface area contributed by atoms with Crippen molar-refractivity contribution in [2.75, 3.05) is 54.2 Å². The predicted octanol–water partition coefficient (Wildman–Crippen LogP) is 3.37. The monoisotopic (exact) mass is 481 g/mol. The van der Waals surface area contributed by atoms with Crippen LogP contribution < -0.4 is 19.3 Å². The summed E-state index contributed by atoms with van der Waals surface area (Å²) in [6.07, 6.45) is 1.31. The predicted molar refractivity (Wildman–Crippen MR) is 128 cm³/mol. The molecule has 1 fully saturated rings. The lowest BCUT2D eigenvalue weighted by Gasteiger charge is -2.31. The van der Waals surface area contributed by atoms with Gasteiger partial charge in [-0.1, -0.05) is 18.5 Å². The van der Waals surface area contributed by atoms with Crippen LogP contribution in [0, 0.1) is 0 Å². The second-order valence-electron chi connectivity index (χ2n) is 7.43. The SMILES string of the molecule is CCC(C(=O)Nc1ccc(N2CCOCC2)cc1)N(c1cc(Cl)ccc1OC)S(C)(=O)=O. The first-order chi connectivity index (χ1) is 15.2. The van der Waals surface area contributed by atoms with E-state index in [4.69, 9.17) is 21.1 Å². The van der Waals surface area contributed by atoms with Crippen LogP contribution in [0.2, 0.25) is 5.02 Å². The Morgan fingerprint density at radius 3 is 2.44 bits per heavy atom. The van der Waals surface area contributed by atoms with Crippen LogP contribution >= 0.6 is 11.6 Å². The van der Waals surface area contributed by atoms with Crippen LogP contribution in [-0.2, 0) is 19.6 Å². The summed E-state index contributed by atoms with van der Waals surface area (Å²) in [6.45, 7) is 4.75. The van der Waals surface area contributed by atoms with Gasteiger partial charge in [0.05, 0.1) is 32.3 Å². The van der Waals surface area contributed by atoms with Gasteiger partial charge in [0.15, 0.2) is 0 Å². The number of carbonyl (C=O) groups is 1. The first-order valence-electron chi connectivity index (χ1n) is 10.3. The van der Waals surface area contributed by atoms with E-state index in [1.54, 1.807) is 31.2 Å². The minimum Gasteiger partial charge on any atom is -0.495 e. The van der Waals surface area contributed by atoms with Gasteiger partial charge in [0, 0.05) is 29.5 Å². The third kappa shape index (κ3) is 5.65. The Kier molecular flexibility index (Phi) is 7.86. The Balaban J connectivity index is 1.85. The molecule has 32 heavy (non-hydrogen) atoms. The van der Waals surface area contributed by atoms with Crippen molar-refractivity contribution in [2.24, 2.45) is 0 Å². The van der Waals surface area contributed by atoms with Gasteiger partial charge >= 0.3 is 0 Å². The highest BCUT2D eigenvalue weighted by Crippen LogP contribution is 2.35. The Bertz CT molecular complexity index is 1040. The summed E-state index contributed by atoms with van der Waals surface area (Å²) in [7, 11) is -2.39. The second kappa shape index (κ2) is 10.4. The molecule has 0 spiro atoms. The molecular formula is C22H28ClN3O5S. The number of nitrogens with one attached hydrogen (secondary N) is 1. The molecule has 3 rings (SSSR count). The summed E-state index contributed by atoms with van der Waals surface area (Å²) in [5.74, 6) is -0.139. The summed E-state index contributed by atoms with van der Waals surface area (Å²) in [4.78, 5) is 15.4. The Morgan fingerprint density at radius 2 is 1.88 bits per heavy atom. The molecule has 1 unspecified atom stereocenters. The minimum absolute atomic E-state index is 0.215. The molecule has 2 aromatic rings. The number of carbonyl (C=O) groups excluding carboxylic acids is 1. The van der Waals surface area contributed by atoms with Gasteiger partial charge in [-0.3, -0.25) is 9.10 Å². The van der Waals surface area contributed by atoms with Crippen molar-refractivity contribution in [1.29, 1.82) is 0 Å². The van der Waals surface area contributed by atoms with E-state index in [0.29, 0.717) is 29.7 Å². The summed E-state index contributed by atoms with van der Waals surface area (Å²) in [5.41, 5.74) is 1.84. The largest absolute Gasteiger partial charge is 0.495 e. The number of rotatable bonds is 8. The van der Waals surface area contributed by atoms with Crippen molar-refractivity contribution in [3.05, 3.63) is 47.5 Å². The van der Waals surface area contributed by atoms with Gasteiger partial charge in [-0.25, -0.2) is 8.42 Å². The molecule has 0 bridgehead atoms. The lowest BCUT2D eigenvalue weighted by Crippen LogP contribution is -2.47. The van der Waals surface area contributed by atoms with Crippen LogP contribution in [0.1, 0.15) is 13.3 Å². The summed E-state index contributed by atoms with van der Waals surface area (Å²) in [5, 5.41) is 3.17. The maximum atomic E-state index is 13.2. The van der Waals surface area contributed by atoms with Crippen molar-refractivity contribution in [2.45, 2.75) is 19.4 Å². The lowest BCUT2D eigenvalue weighted by atomic mass is 10.1. The molecule has 0 aromatic heterocycles. The van der Waals surface area contributed by atoms with Gasteiger partial charge in [0.25, 0.3) is 0 Å². The molecule has 2 aromatic carbocycles. The van der Waals surface area contributed by atoms with Gasteiger partial charge in [-0.2, -0.15) is 0 Å². The van der Waals surface area contributed by atoms with E-state index >= 15 is 0 Å². The molecule has 1 aliphatic rings. The van der Waals surface area contributed by atoms with Crippen LogP contribution in [0.5, 0.6) is 5.75 Å². The highest BCUT2D eigenvalue weighted by atomic mass is 35.5. The molecule has 1 amide bonds. The number of halogens is 1. The van der Waals surface area contributed by atoms with Crippen LogP contribution in [0.15, 0.2) is 42.5 Å². The molecule has 1 aliphatic heterocycles. The van der Waals surface area contributed by atoms with E-state index in [1.165, 1.54) is 13.2 Å². The number of hydrogen-bond donors (Lipinski definition) is 1. The fourth-order valence-corrected chi connectivity index (χ4v) is 5.05. The molecule has 0 saturated carbocycles.